The van der Waals surface area contributed by atoms with Crippen LogP contribution in [0.4, 0.5) is 11.5 Å². The molecule has 0 radical (unpaired) electrons. The number of aromatic nitrogens is 1. The van der Waals surface area contributed by atoms with Crippen molar-refractivity contribution in [1.29, 1.82) is 0 Å². The molecule has 32 heavy (non-hydrogen) atoms. The molecule has 2 aromatic rings. The molecule has 2 aliphatic carbocycles. The zero-order valence-electron chi connectivity index (χ0n) is 17.5. The first kappa shape index (κ1) is 20.2. The van der Waals surface area contributed by atoms with E-state index in [2.05, 4.69) is 16.5 Å². The quantitative estimate of drug-likeness (QED) is 0.435. The van der Waals surface area contributed by atoms with E-state index in [1.807, 2.05) is 6.92 Å². The van der Waals surface area contributed by atoms with Gasteiger partial charge in [0, 0.05) is 6.07 Å². The number of rotatable bonds is 5. The van der Waals surface area contributed by atoms with Crippen LogP contribution in [0.15, 0.2) is 46.5 Å². The van der Waals surface area contributed by atoms with E-state index in [0.717, 1.165) is 6.42 Å². The molecule has 9 heteroatoms. The number of esters is 1. The van der Waals surface area contributed by atoms with Crippen molar-refractivity contribution >= 4 is 35.2 Å². The summed E-state index contributed by atoms with van der Waals surface area (Å²) in [6.07, 6.45) is 2.97. The Bertz CT molecular complexity index is 1180. The molecule has 1 saturated heterocycles. The Balaban J connectivity index is 1.27. The first-order valence-corrected chi connectivity index (χ1v) is 10.4. The summed E-state index contributed by atoms with van der Waals surface area (Å²) in [6.45, 7) is 3.17. The minimum atomic E-state index is -0.741. The van der Waals surface area contributed by atoms with Crippen LogP contribution in [0.25, 0.3) is 0 Å². The molecule has 5 rings (SSSR count). The lowest BCUT2D eigenvalue weighted by Crippen LogP contribution is -2.33. The Morgan fingerprint density at radius 1 is 1.19 bits per heavy atom. The first-order chi connectivity index (χ1) is 15.3. The number of ether oxygens (including phenoxy) is 1. The highest BCUT2D eigenvalue weighted by Crippen LogP contribution is 2.55. The van der Waals surface area contributed by atoms with Gasteiger partial charge in [0.15, 0.2) is 12.4 Å². The molecule has 2 fully saturated rings. The Labute approximate surface area is 183 Å². The molecule has 0 unspecified atom stereocenters. The number of imide groups is 1. The fourth-order valence-corrected chi connectivity index (χ4v) is 5.12. The van der Waals surface area contributed by atoms with E-state index in [1.165, 1.54) is 28.7 Å². The minimum Gasteiger partial charge on any atom is -0.452 e. The van der Waals surface area contributed by atoms with Gasteiger partial charge in [-0.25, -0.2) is 9.69 Å². The van der Waals surface area contributed by atoms with E-state index >= 15 is 0 Å². The zero-order valence-corrected chi connectivity index (χ0v) is 17.5. The third-order valence-electron chi connectivity index (χ3n) is 6.45. The number of hydrogen-bond donors (Lipinski definition) is 1. The lowest BCUT2D eigenvalue weighted by molar-refractivity contribution is -0.123. The summed E-state index contributed by atoms with van der Waals surface area (Å²) < 4.78 is 9.92. The van der Waals surface area contributed by atoms with E-state index in [1.54, 1.807) is 19.1 Å². The summed E-state index contributed by atoms with van der Waals surface area (Å²) in [5.74, 6) is -1.42. The molecule has 3 amide bonds. The molecule has 1 N–H and O–H groups in total. The zero-order chi connectivity index (χ0) is 22.6. The molecule has 1 aliphatic heterocycles. The van der Waals surface area contributed by atoms with Crippen molar-refractivity contribution in [3.05, 3.63) is 53.3 Å². The van der Waals surface area contributed by atoms with Gasteiger partial charge in [0.05, 0.1) is 23.1 Å². The second kappa shape index (κ2) is 7.44. The number of nitrogens with one attached hydrogen (secondary N) is 1. The van der Waals surface area contributed by atoms with Crippen LogP contribution in [-0.4, -0.2) is 35.5 Å². The molecule has 1 aromatic heterocycles. The number of carbonyl (C=O) groups excluding carboxylic acids is 4. The number of amides is 3. The summed E-state index contributed by atoms with van der Waals surface area (Å²) in [7, 11) is 0. The molecule has 1 aromatic carbocycles. The maximum Gasteiger partial charge on any atom is 0.338 e. The van der Waals surface area contributed by atoms with Gasteiger partial charge in [0.25, 0.3) is 5.91 Å². The second-order valence-electron chi connectivity index (χ2n) is 8.48. The van der Waals surface area contributed by atoms with Gasteiger partial charge >= 0.3 is 5.97 Å². The molecular formula is C23H21N3O6. The SMILES string of the molecule is CC1=C[C@H]2C[C@H]1[C@@H]1C(=O)N(c3cccc(C(=O)OCC(=O)Nc4cc(C)on4)c3)C(=O)[C@@H]12. The predicted molar refractivity (Wildman–Crippen MR) is 111 cm³/mol. The van der Waals surface area contributed by atoms with Crippen molar-refractivity contribution in [2.45, 2.75) is 20.3 Å². The summed E-state index contributed by atoms with van der Waals surface area (Å²) >= 11 is 0. The van der Waals surface area contributed by atoms with Crippen molar-refractivity contribution < 1.29 is 28.4 Å². The van der Waals surface area contributed by atoms with Gasteiger partial charge in [0.2, 0.25) is 11.8 Å². The standard InChI is InChI=1S/C23H21N3O6/c1-11-6-14-9-16(11)20-19(14)21(28)26(22(20)29)15-5-3-4-13(8-15)23(30)31-10-18(27)24-17-7-12(2)32-25-17/h3-8,14,16,19-20H,9-10H2,1-2H3,(H,24,25,27)/t14-,16+,19+,20-/m0/s1. The van der Waals surface area contributed by atoms with Gasteiger partial charge in [0.1, 0.15) is 5.76 Å². The minimum absolute atomic E-state index is 0.103. The van der Waals surface area contributed by atoms with Crippen molar-refractivity contribution in [3.63, 3.8) is 0 Å². The smallest absolute Gasteiger partial charge is 0.338 e. The topological polar surface area (TPSA) is 119 Å². The van der Waals surface area contributed by atoms with Gasteiger partial charge < -0.3 is 14.6 Å². The molecule has 0 spiro atoms. The number of benzene rings is 1. The molecule has 2 bridgehead atoms. The average Bonchev–Trinajstić information content (AvgIpc) is 3.50. The number of aryl methyl sites for hydroxylation is 1. The van der Waals surface area contributed by atoms with Gasteiger partial charge in [-0.15, -0.1) is 0 Å². The highest BCUT2D eigenvalue weighted by molar-refractivity contribution is 6.23. The monoisotopic (exact) mass is 435 g/mol. The fraction of sp³-hybridized carbons (Fsp3) is 0.348. The Morgan fingerprint density at radius 3 is 2.72 bits per heavy atom. The molecular weight excluding hydrogens is 414 g/mol. The van der Waals surface area contributed by atoms with Crippen molar-refractivity contribution in [1.82, 2.24) is 5.16 Å². The maximum absolute atomic E-state index is 13.1. The second-order valence-corrected chi connectivity index (χ2v) is 8.48. The Hall–Kier alpha value is -3.75. The molecule has 3 aliphatic rings. The third-order valence-corrected chi connectivity index (χ3v) is 6.45. The van der Waals surface area contributed by atoms with E-state index in [4.69, 9.17) is 9.26 Å². The fourth-order valence-electron chi connectivity index (χ4n) is 5.12. The lowest BCUT2D eigenvalue weighted by atomic mass is 9.82. The van der Waals surface area contributed by atoms with Gasteiger partial charge in [-0.1, -0.05) is 22.9 Å². The Morgan fingerprint density at radius 2 is 1.97 bits per heavy atom. The number of nitrogens with zero attached hydrogens (tertiary/aromatic N) is 2. The molecule has 164 valence electrons. The predicted octanol–water partition coefficient (Wildman–Crippen LogP) is 2.48. The van der Waals surface area contributed by atoms with E-state index in [-0.39, 0.29) is 46.9 Å². The lowest BCUT2D eigenvalue weighted by Gasteiger charge is -2.19. The first-order valence-electron chi connectivity index (χ1n) is 10.4. The maximum atomic E-state index is 13.1. The van der Waals surface area contributed by atoms with E-state index < -0.39 is 18.5 Å². The van der Waals surface area contributed by atoms with E-state index in [0.29, 0.717) is 11.4 Å². The Kier molecular flexibility index (Phi) is 4.69. The molecule has 2 heterocycles. The summed E-state index contributed by atoms with van der Waals surface area (Å²) in [5.41, 5.74) is 1.65. The van der Waals surface area contributed by atoms with Crippen LogP contribution in [0, 0.1) is 30.6 Å². The van der Waals surface area contributed by atoms with Crippen molar-refractivity contribution in [2.24, 2.45) is 23.7 Å². The summed E-state index contributed by atoms with van der Waals surface area (Å²) in [4.78, 5) is 51.8. The van der Waals surface area contributed by atoms with Crippen molar-refractivity contribution in [2.75, 3.05) is 16.8 Å². The number of allylic oxidation sites excluding steroid dienone is 2. The van der Waals surface area contributed by atoms with Crippen LogP contribution in [0.5, 0.6) is 0 Å². The largest absolute Gasteiger partial charge is 0.452 e. The van der Waals surface area contributed by atoms with Gasteiger partial charge in [-0.2, -0.15) is 0 Å². The number of carbonyl (C=O) groups is 4. The van der Waals surface area contributed by atoms with Crippen LogP contribution in [-0.2, 0) is 19.1 Å². The number of anilines is 2. The average molecular weight is 435 g/mol. The number of fused-ring (bicyclic) bond motifs is 5. The third kappa shape index (κ3) is 3.21. The highest BCUT2D eigenvalue weighted by Gasteiger charge is 2.60. The van der Waals surface area contributed by atoms with Crippen LogP contribution >= 0.6 is 0 Å². The van der Waals surface area contributed by atoms with Gasteiger partial charge in [-0.05, 0) is 50.3 Å². The van der Waals surface area contributed by atoms with Crippen LogP contribution in [0.2, 0.25) is 0 Å². The van der Waals surface area contributed by atoms with Crippen LogP contribution in [0.3, 0.4) is 0 Å². The molecule has 1 saturated carbocycles. The number of hydrogen-bond acceptors (Lipinski definition) is 7. The van der Waals surface area contributed by atoms with Gasteiger partial charge in [-0.3, -0.25) is 14.4 Å². The molecule has 4 atom stereocenters. The normalized spacial score (nSPS) is 25.7. The van der Waals surface area contributed by atoms with Crippen molar-refractivity contribution in [3.8, 4) is 0 Å². The highest BCUT2D eigenvalue weighted by atomic mass is 16.5. The van der Waals surface area contributed by atoms with E-state index in [9.17, 15) is 19.2 Å². The van der Waals surface area contributed by atoms with Crippen LogP contribution < -0.4 is 10.2 Å². The van der Waals surface area contributed by atoms with Crippen LogP contribution in [0.1, 0.15) is 29.5 Å². The molecule has 9 nitrogen and oxygen atoms in total. The summed E-state index contributed by atoms with van der Waals surface area (Å²) in [6, 6.07) is 7.68. The summed E-state index contributed by atoms with van der Waals surface area (Å²) in [5, 5.41) is 6.09.